The van der Waals surface area contributed by atoms with Gasteiger partial charge in [-0.3, -0.25) is 20.1 Å². The average Bonchev–Trinajstić information content (AvgIpc) is 2.43. The van der Waals surface area contributed by atoms with Gasteiger partial charge in [-0.2, -0.15) is 0 Å². The number of carbonyl (C=O) groups excluding carboxylic acids is 2. The van der Waals surface area contributed by atoms with Crippen LogP contribution < -0.4 is 10.6 Å². The van der Waals surface area contributed by atoms with Gasteiger partial charge in [0.2, 0.25) is 0 Å². The molecule has 0 unspecified atom stereocenters. The standard InChI is InChI=1S/C8H8N4O2/c1-8(5-4-9-2-3-10-5)6(13)11-7(14)12-8/h2-4H,1H3,(H2,11,12,13,14)/t8-/m0/s1. The second-order valence-corrected chi connectivity index (χ2v) is 3.12. The van der Waals surface area contributed by atoms with Crippen molar-refractivity contribution in [2.45, 2.75) is 12.5 Å². The van der Waals surface area contributed by atoms with Gasteiger partial charge in [-0.25, -0.2) is 4.79 Å². The van der Waals surface area contributed by atoms with E-state index in [1.54, 1.807) is 6.92 Å². The van der Waals surface area contributed by atoms with Crippen LogP contribution in [0.5, 0.6) is 0 Å². The first-order valence-electron chi connectivity index (χ1n) is 4.03. The summed E-state index contributed by atoms with van der Waals surface area (Å²) in [7, 11) is 0. The summed E-state index contributed by atoms with van der Waals surface area (Å²) in [6, 6.07) is -0.511. The molecule has 1 saturated heterocycles. The van der Waals surface area contributed by atoms with Crippen LogP contribution in [0.1, 0.15) is 12.6 Å². The van der Waals surface area contributed by atoms with Crippen molar-refractivity contribution in [1.29, 1.82) is 0 Å². The van der Waals surface area contributed by atoms with Crippen molar-refractivity contribution in [3.05, 3.63) is 24.3 Å². The summed E-state index contributed by atoms with van der Waals surface area (Å²) in [4.78, 5) is 30.2. The zero-order valence-corrected chi connectivity index (χ0v) is 7.44. The number of imide groups is 1. The van der Waals surface area contributed by atoms with Crippen LogP contribution in [0.3, 0.4) is 0 Å². The zero-order valence-electron chi connectivity index (χ0n) is 7.44. The number of nitrogens with zero attached hydrogens (tertiary/aromatic N) is 2. The summed E-state index contributed by atoms with van der Waals surface area (Å²) >= 11 is 0. The van der Waals surface area contributed by atoms with Crippen molar-refractivity contribution < 1.29 is 9.59 Å². The third-order valence-electron chi connectivity index (χ3n) is 2.12. The summed E-state index contributed by atoms with van der Waals surface area (Å²) in [6.45, 7) is 1.58. The highest BCUT2D eigenvalue weighted by molar-refractivity contribution is 6.06. The molecule has 2 N–H and O–H groups in total. The lowest BCUT2D eigenvalue weighted by molar-refractivity contribution is -0.123. The normalized spacial score (nSPS) is 25.8. The molecule has 14 heavy (non-hydrogen) atoms. The molecule has 0 bridgehead atoms. The Balaban J connectivity index is 2.43. The van der Waals surface area contributed by atoms with Gasteiger partial charge in [0, 0.05) is 12.4 Å². The quantitative estimate of drug-likeness (QED) is 0.589. The molecular formula is C8H8N4O2. The Bertz CT molecular complexity index is 392. The van der Waals surface area contributed by atoms with Gasteiger partial charge in [0.25, 0.3) is 5.91 Å². The molecule has 1 aliphatic rings. The van der Waals surface area contributed by atoms with Crippen LogP contribution in [0.15, 0.2) is 18.6 Å². The first-order chi connectivity index (χ1) is 6.63. The van der Waals surface area contributed by atoms with E-state index >= 15 is 0 Å². The summed E-state index contributed by atoms with van der Waals surface area (Å²) in [5, 5.41) is 4.64. The fourth-order valence-corrected chi connectivity index (χ4v) is 1.28. The molecule has 1 aliphatic heterocycles. The number of hydrogen-bond donors (Lipinski definition) is 2. The van der Waals surface area contributed by atoms with E-state index in [4.69, 9.17) is 0 Å². The lowest BCUT2D eigenvalue weighted by atomic mass is 9.99. The Labute approximate surface area is 79.7 Å². The average molecular weight is 192 g/mol. The van der Waals surface area contributed by atoms with E-state index in [0.717, 1.165) is 0 Å². The Hall–Kier alpha value is -1.98. The minimum absolute atomic E-state index is 0.414. The summed E-state index contributed by atoms with van der Waals surface area (Å²) in [6.07, 6.45) is 4.42. The SMILES string of the molecule is C[C@@]1(c2cnccn2)NC(=O)NC1=O. The lowest BCUT2D eigenvalue weighted by Gasteiger charge is -2.18. The van der Waals surface area contributed by atoms with Crippen LogP contribution >= 0.6 is 0 Å². The van der Waals surface area contributed by atoms with E-state index in [-0.39, 0.29) is 0 Å². The second-order valence-electron chi connectivity index (χ2n) is 3.12. The van der Waals surface area contributed by atoms with Gasteiger partial charge in [-0.15, -0.1) is 0 Å². The number of urea groups is 1. The van der Waals surface area contributed by atoms with Gasteiger partial charge < -0.3 is 5.32 Å². The highest BCUT2D eigenvalue weighted by atomic mass is 16.2. The number of aromatic nitrogens is 2. The van der Waals surface area contributed by atoms with Crippen LogP contribution in [-0.4, -0.2) is 21.9 Å². The van der Waals surface area contributed by atoms with Crippen LogP contribution in [0.2, 0.25) is 0 Å². The Kier molecular flexibility index (Phi) is 1.70. The highest BCUT2D eigenvalue weighted by Crippen LogP contribution is 2.20. The van der Waals surface area contributed by atoms with Crippen LogP contribution in [0.25, 0.3) is 0 Å². The molecule has 0 aliphatic carbocycles. The maximum Gasteiger partial charge on any atom is 0.322 e. The Morgan fingerprint density at radius 1 is 1.36 bits per heavy atom. The number of amides is 3. The molecule has 6 heteroatoms. The van der Waals surface area contributed by atoms with Gasteiger partial charge in [0.05, 0.1) is 11.9 Å². The first-order valence-corrected chi connectivity index (χ1v) is 4.03. The van der Waals surface area contributed by atoms with Crippen molar-refractivity contribution in [3.63, 3.8) is 0 Å². The maximum atomic E-state index is 11.4. The van der Waals surface area contributed by atoms with E-state index in [9.17, 15) is 9.59 Å². The highest BCUT2D eigenvalue weighted by Gasteiger charge is 2.44. The van der Waals surface area contributed by atoms with E-state index in [0.29, 0.717) is 5.69 Å². The molecule has 1 fully saturated rings. The summed E-state index contributed by atoms with van der Waals surface area (Å²) in [5.74, 6) is -0.414. The van der Waals surface area contributed by atoms with Crippen LogP contribution in [-0.2, 0) is 10.3 Å². The second kappa shape index (κ2) is 2.76. The van der Waals surface area contributed by atoms with Gasteiger partial charge in [-0.1, -0.05) is 0 Å². The van der Waals surface area contributed by atoms with E-state index in [1.165, 1.54) is 18.6 Å². The van der Waals surface area contributed by atoms with Gasteiger partial charge in [0.1, 0.15) is 0 Å². The molecule has 72 valence electrons. The predicted molar refractivity (Wildman–Crippen MR) is 46.1 cm³/mol. The van der Waals surface area contributed by atoms with Gasteiger partial charge in [0.15, 0.2) is 5.54 Å². The van der Waals surface area contributed by atoms with E-state index in [2.05, 4.69) is 20.6 Å². The molecule has 0 radical (unpaired) electrons. The van der Waals surface area contributed by atoms with Crippen molar-refractivity contribution in [3.8, 4) is 0 Å². The Morgan fingerprint density at radius 3 is 2.64 bits per heavy atom. The third-order valence-corrected chi connectivity index (χ3v) is 2.12. The largest absolute Gasteiger partial charge is 0.322 e. The molecule has 0 spiro atoms. The van der Waals surface area contributed by atoms with Crippen molar-refractivity contribution in [2.24, 2.45) is 0 Å². The zero-order chi connectivity index (χ0) is 10.2. The fraction of sp³-hybridized carbons (Fsp3) is 0.250. The molecule has 0 aromatic carbocycles. The fourth-order valence-electron chi connectivity index (χ4n) is 1.28. The van der Waals surface area contributed by atoms with Gasteiger partial charge >= 0.3 is 6.03 Å². The number of carbonyl (C=O) groups is 2. The number of hydrogen-bond acceptors (Lipinski definition) is 4. The first kappa shape index (κ1) is 8.61. The van der Waals surface area contributed by atoms with E-state index in [1.807, 2.05) is 0 Å². The molecule has 0 saturated carbocycles. The van der Waals surface area contributed by atoms with Crippen LogP contribution in [0, 0.1) is 0 Å². The van der Waals surface area contributed by atoms with Crippen molar-refractivity contribution in [1.82, 2.24) is 20.6 Å². The number of rotatable bonds is 1. The maximum absolute atomic E-state index is 11.4. The predicted octanol–water partition coefficient (Wildman–Crippen LogP) is -0.469. The molecular weight excluding hydrogens is 184 g/mol. The summed E-state index contributed by atoms with van der Waals surface area (Å²) < 4.78 is 0. The van der Waals surface area contributed by atoms with Crippen molar-refractivity contribution in [2.75, 3.05) is 0 Å². The lowest BCUT2D eigenvalue weighted by Crippen LogP contribution is -2.41. The van der Waals surface area contributed by atoms with Gasteiger partial charge in [-0.05, 0) is 6.92 Å². The minimum Gasteiger partial charge on any atom is -0.318 e. The Morgan fingerprint density at radius 2 is 2.14 bits per heavy atom. The molecule has 1 aromatic rings. The third kappa shape index (κ3) is 1.12. The number of nitrogens with one attached hydrogen (secondary N) is 2. The molecule has 3 amide bonds. The molecule has 2 rings (SSSR count). The molecule has 1 atom stereocenters. The molecule has 6 nitrogen and oxygen atoms in total. The molecule has 1 aromatic heterocycles. The van der Waals surface area contributed by atoms with Crippen molar-refractivity contribution >= 4 is 11.9 Å². The molecule has 2 heterocycles. The monoisotopic (exact) mass is 192 g/mol. The van der Waals surface area contributed by atoms with E-state index < -0.39 is 17.5 Å². The minimum atomic E-state index is -1.11. The topological polar surface area (TPSA) is 84.0 Å². The van der Waals surface area contributed by atoms with Crippen LogP contribution in [0.4, 0.5) is 4.79 Å². The smallest absolute Gasteiger partial charge is 0.318 e. The summed E-state index contributed by atoms with van der Waals surface area (Å²) in [5.41, 5.74) is -0.686.